The van der Waals surface area contributed by atoms with Crippen molar-refractivity contribution < 1.29 is 4.79 Å². The summed E-state index contributed by atoms with van der Waals surface area (Å²) in [6.07, 6.45) is 4.43. The number of piperidine rings is 1. The van der Waals surface area contributed by atoms with Crippen LogP contribution in [0.25, 0.3) is 0 Å². The van der Waals surface area contributed by atoms with Crippen LogP contribution in [-0.4, -0.2) is 37.1 Å². The van der Waals surface area contributed by atoms with Crippen LogP contribution in [0.2, 0.25) is 5.02 Å². The Labute approximate surface area is 184 Å². The van der Waals surface area contributed by atoms with Crippen LogP contribution in [-0.2, 0) is 5.41 Å². The molecule has 0 aromatic heterocycles. The number of likely N-dealkylation sites (tertiary alicyclic amines) is 1. The van der Waals surface area contributed by atoms with Crippen molar-refractivity contribution >= 4 is 29.0 Å². The van der Waals surface area contributed by atoms with Crippen LogP contribution in [0.5, 0.6) is 0 Å². The second-order valence-electron chi connectivity index (χ2n) is 8.88. The number of carbonyl (C=O) groups is 1. The molecule has 1 spiro atoms. The molecular weight excluding hydrogens is 394 g/mol. The minimum Gasteiger partial charge on any atom is -0.306 e. The molecule has 4 nitrogen and oxygen atoms in total. The summed E-state index contributed by atoms with van der Waals surface area (Å²) in [4.78, 5) is 17.6. The minimum absolute atomic E-state index is 0.0284. The third-order valence-corrected chi connectivity index (χ3v) is 6.74. The SMILES string of the molecule is CC(C)=CCN1CCC2(CC1)CN(C(=O)Nc1ccccc1Cl)c1ccc(C)cc12. The van der Waals surface area contributed by atoms with Gasteiger partial charge in [-0.25, -0.2) is 4.79 Å². The number of fused-ring (bicyclic) bond motifs is 2. The Morgan fingerprint density at radius 3 is 2.60 bits per heavy atom. The molecular formula is C25H30ClN3O. The fourth-order valence-electron chi connectivity index (χ4n) is 4.61. The Hall–Kier alpha value is -2.30. The lowest BCUT2D eigenvalue weighted by atomic mass is 9.74. The van der Waals surface area contributed by atoms with E-state index in [4.69, 9.17) is 11.6 Å². The first-order valence-electron chi connectivity index (χ1n) is 10.7. The summed E-state index contributed by atoms with van der Waals surface area (Å²) in [7, 11) is 0. The van der Waals surface area contributed by atoms with Crippen molar-refractivity contribution in [3.8, 4) is 0 Å². The Balaban J connectivity index is 1.57. The van der Waals surface area contributed by atoms with Crippen molar-refractivity contribution in [3.63, 3.8) is 0 Å². The lowest BCUT2D eigenvalue weighted by molar-refractivity contribution is 0.180. The van der Waals surface area contributed by atoms with Crippen molar-refractivity contribution in [3.05, 3.63) is 70.3 Å². The van der Waals surface area contributed by atoms with Crippen molar-refractivity contribution in [2.75, 3.05) is 36.4 Å². The maximum absolute atomic E-state index is 13.2. The Bertz CT molecular complexity index is 972. The van der Waals surface area contributed by atoms with Gasteiger partial charge in [-0.1, -0.05) is 53.1 Å². The predicted molar refractivity (Wildman–Crippen MR) is 126 cm³/mol. The maximum Gasteiger partial charge on any atom is 0.326 e. The number of nitrogens with zero attached hydrogens (tertiary/aromatic N) is 2. The number of urea groups is 1. The molecule has 1 fully saturated rings. The van der Waals surface area contributed by atoms with E-state index < -0.39 is 0 Å². The summed E-state index contributed by atoms with van der Waals surface area (Å²) in [5.41, 5.74) is 5.63. The van der Waals surface area contributed by atoms with Gasteiger partial charge in [-0.2, -0.15) is 0 Å². The number of benzene rings is 2. The van der Waals surface area contributed by atoms with Crippen LogP contribution in [0.15, 0.2) is 54.1 Å². The average molecular weight is 424 g/mol. The second kappa shape index (κ2) is 8.44. The van der Waals surface area contributed by atoms with Gasteiger partial charge >= 0.3 is 6.03 Å². The smallest absolute Gasteiger partial charge is 0.306 e. The number of nitrogens with one attached hydrogen (secondary N) is 1. The molecule has 0 radical (unpaired) electrons. The second-order valence-corrected chi connectivity index (χ2v) is 9.29. The zero-order chi connectivity index (χ0) is 21.3. The average Bonchev–Trinajstić information content (AvgIpc) is 3.03. The third-order valence-electron chi connectivity index (χ3n) is 6.41. The fraction of sp³-hybridized carbons (Fsp3) is 0.400. The number of allylic oxidation sites excluding steroid dienone is 1. The van der Waals surface area contributed by atoms with Crippen LogP contribution < -0.4 is 10.2 Å². The molecule has 0 atom stereocenters. The quantitative estimate of drug-likeness (QED) is 0.614. The number of amides is 2. The van der Waals surface area contributed by atoms with Gasteiger partial charge in [0.2, 0.25) is 0 Å². The number of carbonyl (C=O) groups excluding carboxylic acids is 1. The highest BCUT2D eigenvalue weighted by Gasteiger charge is 2.46. The molecule has 2 aliphatic rings. The van der Waals surface area contributed by atoms with Gasteiger partial charge in [-0.15, -0.1) is 0 Å². The topological polar surface area (TPSA) is 35.6 Å². The van der Waals surface area contributed by atoms with Crippen LogP contribution in [0.4, 0.5) is 16.2 Å². The van der Waals surface area contributed by atoms with Gasteiger partial charge in [0.15, 0.2) is 0 Å². The Morgan fingerprint density at radius 2 is 1.90 bits per heavy atom. The van der Waals surface area contributed by atoms with E-state index in [1.165, 1.54) is 16.7 Å². The van der Waals surface area contributed by atoms with Gasteiger partial charge in [-0.3, -0.25) is 9.80 Å². The van der Waals surface area contributed by atoms with E-state index in [9.17, 15) is 4.79 Å². The molecule has 30 heavy (non-hydrogen) atoms. The molecule has 158 valence electrons. The zero-order valence-electron chi connectivity index (χ0n) is 18.0. The largest absolute Gasteiger partial charge is 0.326 e. The van der Waals surface area contributed by atoms with Crippen LogP contribution >= 0.6 is 11.6 Å². The number of anilines is 2. The van der Waals surface area contributed by atoms with E-state index in [2.05, 4.69) is 55.3 Å². The molecule has 2 aromatic rings. The Kier molecular flexibility index (Phi) is 5.90. The van der Waals surface area contributed by atoms with E-state index in [0.717, 1.165) is 44.7 Å². The van der Waals surface area contributed by atoms with Gasteiger partial charge in [0.25, 0.3) is 0 Å². The van der Waals surface area contributed by atoms with Gasteiger partial charge < -0.3 is 5.32 Å². The summed E-state index contributed by atoms with van der Waals surface area (Å²) in [6.45, 7) is 10.3. The first-order valence-corrected chi connectivity index (χ1v) is 11.1. The Morgan fingerprint density at radius 1 is 1.17 bits per heavy atom. The van der Waals surface area contributed by atoms with Crippen molar-refractivity contribution in [2.45, 2.75) is 39.0 Å². The molecule has 2 heterocycles. The monoisotopic (exact) mass is 423 g/mol. The maximum atomic E-state index is 13.2. The number of hydrogen-bond donors (Lipinski definition) is 1. The lowest BCUT2D eigenvalue weighted by Crippen LogP contribution is -2.46. The van der Waals surface area contributed by atoms with Crippen molar-refractivity contribution in [2.24, 2.45) is 0 Å². The normalized spacial score (nSPS) is 17.7. The highest BCUT2D eigenvalue weighted by molar-refractivity contribution is 6.33. The standard InChI is InChI=1S/C25H30ClN3O/c1-18(2)10-13-28-14-11-25(12-15-28)17-29(23-9-8-19(3)16-20(23)25)24(30)27-22-7-5-4-6-21(22)26/h4-10,16H,11-15,17H2,1-3H3,(H,27,30). The fourth-order valence-corrected chi connectivity index (χ4v) is 4.80. The number of hydrogen-bond acceptors (Lipinski definition) is 2. The molecule has 2 aliphatic heterocycles. The van der Waals surface area contributed by atoms with Crippen LogP contribution in [0.1, 0.15) is 37.8 Å². The van der Waals surface area contributed by atoms with Gasteiger partial charge in [0.1, 0.15) is 0 Å². The zero-order valence-corrected chi connectivity index (χ0v) is 18.8. The lowest BCUT2D eigenvalue weighted by Gasteiger charge is -2.39. The molecule has 0 saturated carbocycles. The summed E-state index contributed by atoms with van der Waals surface area (Å²) in [6, 6.07) is 13.7. The van der Waals surface area contributed by atoms with Crippen molar-refractivity contribution in [1.82, 2.24) is 4.90 Å². The van der Waals surface area contributed by atoms with E-state index in [-0.39, 0.29) is 11.4 Å². The predicted octanol–water partition coefficient (Wildman–Crippen LogP) is 6.00. The van der Waals surface area contributed by atoms with Crippen LogP contribution in [0.3, 0.4) is 0 Å². The molecule has 1 N–H and O–H groups in total. The molecule has 5 heteroatoms. The minimum atomic E-state index is -0.114. The van der Waals surface area contributed by atoms with Gasteiger partial charge in [0, 0.05) is 24.2 Å². The molecule has 1 saturated heterocycles. The first kappa shape index (κ1) is 21.0. The molecule has 0 bridgehead atoms. The highest BCUT2D eigenvalue weighted by atomic mass is 35.5. The summed E-state index contributed by atoms with van der Waals surface area (Å²) >= 11 is 6.26. The summed E-state index contributed by atoms with van der Waals surface area (Å²) in [5.74, 6) is 0. The van der Waals surface area contributed by atoms with E-state index >= 15 is 0 Å². The number of para-hydroxylation sites is 1. The molecule has 2 amide bonds. The highest BCUT2D eigenvalue weighted by Crippen LogP contribution is 2.47. The molecule has 0 unspecified atom stereocenters. The molecule has 2 aromatic carbocycles. The van der Waals surface area contributed by atoms with E-state index in [0.29, 0.717) is 10.7 Å². The number of rotatable bonds is 3. The van der Waals surface area contributed by atoms with Gasteiger partial charge in [-0.05, 0) is 70.5 Å². The number of aryl methyl sites for hydroxylation is 1. The molecule has 0 aliphatic carbocycles. The first-order chi connectivity index (χ1) is 14.4. The van der Waals surface area contributed by atoms with Gasteiger partial charge in [0.05, 0.1) is 10.7 Å². The van der Waals surface area contributed by atoms with Crippen LogP contribution in [0, 0.1) is 6.92 Å². The van der Waals surface area contributed by atoms with E-state index in [1.807, 2.05) is 23.1 Å². The summed E-state index contributed by atoms with van der Waals surface area (Å²) in [5, 5.41) is 3.56. The summed E-state index contributed by atoms with van der Waals surface area (Å²) < 4.78 is 0. The molecule has 4 rings (SSSR count). The van der Waals surface area contributed by atoms with E-state index in [1.54, 1.807) is 6.07 Å². The third kappa shape index (κ3) is 4.12. The van der Waals surface area contributed by atoms with Crippen molar-refractivity contribution in [1.29, 1.82) is 0 Å². The number of halogens is 1.